The van der Waals surface area contributed by atoms with Crippen LogP contribution in [0.5, 0.6) is 0 Å². The lowest BCUT2D eigenvalue weighted by Gasteiger charge is -2.06. The van der Waals surface area contributed by atoms with Gasteiger partial charge in [0.25, 0.3) is 10.0 Å². The Morgan fingerprint density at radius 2 is 1.85 bits per heavy atom. The maximum Gasteiger partial charge on any atom is 0.305 e. The average molecular weight is 313 g/mol. The highest BCUT2D eigenvalue weighted by atomic mass is 32.2. The summed E-state index contributed by atoms with van der Waals surface area (Å²) in [5, 5.41) is 0. The van der Waals surface area contributed by atoms with Crippen molar-refractivity contribution in [3.63, 3.8) is 0 Å². The number of sulfonamides is 1. The number of hydrogen-bond donors (Lipinski definition) is 3. The number of H-pyrrole nitrogens is 1. The zero-order valence-corrected chi connectivity index (χ0v) is 12.5. The highest BCUT2D eigenvalue weighted by Crippen LogP contribution is 2.16. The van der Waals surface area contributed by atoms with Gasteiger partial charge in [-0.15, -0.1) is 0 Å². The van der Waals surface area contributed by atoms with Crippen molar-refractivity contribution in [3.05, 3.63) is 50.8 Å². The summed E-state index contributed by atoms with van der Waals surface area (Å²) in [7, 11) is -3.67. The van der Waals surface area contributed by atoms with Gasteiger partial charge in [-0.3, -0.25) is 4.79 Å². The van der Waals surface area contributed by atoms with Crippen LogP contribution in [0.15, 0.2) is 33.3 Å². The molecule has 4 N–H and O–H groups in total. The van der Waals surface area contributed by atoms with Crippen LogP contribution >= 0.6 is 11.3 Å². The molecule has 1 aromatic carbocycles. The SMILES string of the molecule is Cc1[nH]c(=O)sc1S(=O)(=O)NCc1ccc(CN)cc1. The summed E-state index contributed by atoms with van der Waals surface area (Å²) >= 11 is 0.684. The van der Waals surface area contributed by atoms with E-state index in [0.29, 0.717) is 23.6 Å². The first kappa shape index (κ1) is 14.9. The minimum Gasteiger partial charge on any atom is -0.326 e. The van der Waals surface area contributed by atoms with E-state index in [1.807, 2.05) is 24.3 Å². The number of aryl methyl sites for hydroxylation is 1. The van der Waals surface area contributed by atoms with E-state index < -0.39 is 10.0 Å². The maximum atomic E-state index is 12.1. The number of nitrogens with two attached hydrogens (primary N) is 1. The van der Waals surface area contributed by atoms with Crippen molar-refractivity contribution in [2.75, 3.05) is 0 Å². The third-order valence-corrected chi connectivity index (χ3v) is 5.76. The normalized spacial score (nSPS) is 11.7. The van der Waals surface area contributed by atoms with Crippen molar-refractivity contribution in [1.82, 2.24) is 9.71 Å². The Morgan fingerprint density at radius 3 is 2.35 bits per heavy atom. The number of benzene rings is 1. The predicted octanol–water partition coefficient (Wildman–Crippen LogP) is 0.682. The minimum atomic E-state index is -3.67. The van der Waals surface area contributed by atoms with Crippen molar-refractivity contribution < 1.29 is 8.42 Å². The molecule has 0 atom stereocenters. The summed E-state index contributed by atoms with van der Waals surface area (Å²) in [4.78, 5) is 13.2. The van der Waals surface area contributed by atoms with E-state index in [0.717, 1.165) is 11.1 Å². The van der Waals surface area contributed by atoms with Crippen LogP contribution in [0, 0.1) is 6.92 Å². The first-order valence-corrected chi connectivity index (χ1v) is 8.19. The zero-order valence-electron chi connectivity index (χ0n) is 10.8. The van der Waals surface area contributed by atoms with E-state index in [1.54, 1.807) is 6.92 Å². The molecule has 2 aromatic rings. The lowest BCUT2D eigenvalue weighted by atomic mass is 10.1. The fourth-order valence-corrected chi connectivity index (χ4v) is 4.05. The Kier molecular flexibility index (Phi) is 4.39. The van der Waals surface area contributed by atoms with Gasteiger partial charge in [0.1, 0.15) is 0 Å². The number of rotatable bonds is 5. The molecule has 0 fully saturated rings. The fraction of sp³-hybridized carbons (Fsp3) is 0.250. The summed E-state index contributed by atoms with van der Waals surface area (Å²) in [6.45, 7) is 2.17. The number of aromatic amines is 1. The summed E-state index contributed by atoms with van der Waals surface area (Å²) < 4.78 is 26.7. The van der Waals surface area contributed by atoms with Crippen molar-refractivity contribution >= 4 is 21.4 Å². The highest BCUT2D eigenvalue weighted by Gasteiger charge is 2.19. The Balaban J connectivity index is 2.12. The van der Waals surface area contributed by atoms with Gasteiger partial charge in [-0.25, -0.2) is 13.1 Å². The van der Waals surface area contributed by atoms with Gasteiger partial charge in [-0.1, -0.05) is 35.6 Å². The number of aromatic nitrogens is 1. The molecule has 108 valence electrons. The molecule has 0 aliphatic rings. The Hall–Kier alpha value is -1.48. The molecule has 0 spiro atoms. The van der Waals surface area contributed by atoms with Crippen LogP contribution in [0.2, 0.25) is 0 Å². The van der Waals surface area contributed by atoms with E-state index >= 15 is 0 Å². The molecule has 1 heterocycles. The van der Waals surface area contributed by atoms with Crippen LogP contribution in [0.25, 0.3) is 0 Å². The van der Waals surface area contributed by atoms with Gasteiger partial charge in [0.05, 0.1) is 0 Å². The van der Waals surface area contributed by atoms with Crippen LogP contribution in [0.1, 0.15) is 16.8 Å². The quantitative estimate of drug-likeness (QED) is 0.755. The maximum absolute atomic E-state index is 12.1. The molecular weight excluding hydrogens is 298 g/mol. The third-order valence-electron chi connectivity index (χ3n) is 2.75. The molecule has 2 rings (SSSR count). The summed E-state index contributed by atoms with van der Waals surface area (Å²) in [5.74, 6) is 0. The van der Waals surface area contributed by atoms with Crippen LogP contribution < -0.4 is 15.3 Å². The van der Waals surface area contributed by atoms with Gasteiger partial charge in [0.15, 0.2) is 4.21 Å². The molecule has 0 saturated heterocycles. The van der Waals surface area contributed by atoms with Gasteiger partial charge < -0.3 is 10.7 Å². The molecule has 6 nitrogen and oxygen atoms in total. The second-order valence-corrected chi connectivity index (χ2v) is 7.22. The second-order valence-electron chi connectivity index (χ2n) is 4.27. The molecular formula is C12H15N3O3S2. The average Bonchev–Trinajstić information content (AvgIpc) is 2.77. The topological polar surface area (TPSA) is 105 Å². The van der Waals surface area contributed by atoms with Crippen LogP contribution in [0.3, 0.4) is 0 Å². The largest absolute Gasteiger partial charge is 0.326 e. The molecule has 0 saturated carbocycles. The number of hydrogen-bond acceptors (Lipinski definition) is 5. The summed E-state index contributed by atoms with van der Waals surface area (Å²) in [6.07, 6.45) is 0. The lowest BCUT2D eigenvalue weighted by molar-refractivity contribution is 0.582. The minimum absolute atomic E-state index is 0.0288. The van der Waals surface area contributed by atoms with Crippen molar-refractivity contribution in [3.8, 4) is 0 Å². The van der Waals surface area contributed by atoms with E-state index in [2.05, 4.69) is 9.71 Å². The molecule has 0 aliphatic carbocycles. The molecule has 0 aliphatic heterocycles. The molecule has 20 heavy (non-hydrogen) atoms. The van der Waals surface area contributed by atoms with E-state index in [1.165, 1.54) is 0 Å². The standard InChI is InChI=1S/C12H15N3O3S2/c1-8-11(19-12(16)15-8)20(17,18)14-7-10-4-2-9(6-13)3-5-10/h2-5,14H,6-7,13H2,1H3,(H,15,16). The molecule has 0 bridgehead atoms. The predicted molar refractivity (Wildman–Crippen MR) is 78.0 cm³/mol. The van der Waals surface area contributed by atoms with Crippen molar-refractivity contribution in [2.45, 2.75) is 24.2 Å². The molecule has 0 radical (unpaired) electrons. The van der Waals surface area contributed by atoms with E-state index in [9.17, 15) is 13.2 Å². The molecule has 1 aromatic heterocycles. The van der Waals surface area contributed by atoms with Gasteiger partial charge in [-0.2, -0.15) is 0 Å². The monoisotopic (exact) mass is 313 g/mol. The second kappa shape index (κ2) is 5.88. The van der Waals surface area contributed by atoms with Crippen LogP contribution in [-0.4, -0.2) is 13.4 Å². The van der Waals surface area contributed by atoms with Crippen molar-refractivity contribution in [2.24, 2.45) is 5.73 Å². The first-order chi connectivity index (χ1) is 9.42. The summed E-state index contributed by atoms with van der Waals surface area (Å²) in [5.41, 5.74) is 7.66. The highest BCUT2D eigenvalue weighted by molar-refractivity contribution is 7.91. The third kappa shape index (κ3) is 3.34. The summed E-state index contributed by atoms with van der Waals surface area (Å²) in [6, 6.07) is 7.33. The smallest absolute Gasteiger partial charge is 0.305 e. The molecule has 8 heteroatoms. The van der Waals surface area contributed by atoms with Gasteiger partial charge in [0.2, 0.25) is 0 Å². The fourth-order valence-electron chi connectivity index (χ4n) is 1.68. The first-order valence-electron chi connectivity index (χ1n) is 5.89. The number of nitrogens with one attached hydrogen (secondary N) is 2. The van der Waals surface area contributed by atoms with E-state index in [-0.39, 0.29) is 15.6 Å². The Bertz CT molecular complexity index is 745. The number of thiazole rings is 1. The Morgan fingerprint density at radius 1 is 1.25 bits per heavy atom. The van der Waals surface area contributed by atoms with Crippen LogP contribution in [0.4, 0.5) is 0 Å². The van der Waals surface area contributed by atoms with Crippen LogP contribution in [-0.2, 0) is 23.1 Å². The van der Waals surface area contributed by atoms with Gasteiger partial charge >= 0.3 is 4.87 Å². The van der Waals surface area contributed by atoms with Gasteiger partial charge in [0, 0.05) is 18.8 Å². The lowest BCUT2D eigenvalue weighted by Crippen LogP contribution is -2.23. The molecule has 0 amide bonds. The Labute approximate surface area is 120 Å². The van der Waals surface area contributed by atoms with E-state index in [4.69, 9.17) is 5.73 Å². The van der Waals surface area contributed by atoms with Crippen molar-refractivity contribution in [1.29, 1.82) is 0 Å². The van der Waals surface area contributed by atoms with Gasteiger partial charge in [-0.05, 0) is 18.1 Å². The molecule has 0 unspecified atom stereocenters. The zero-order chi connectivity index (χ0) is 14.8.